The number of carbonyl (C=O) groups excluding carboxylic acids is 1. The number of hydrogen-bond acceptors (Lipinski definition) is 2. The maximum absolute atomic E-state index is 12.7. The Morgan fingerprint density at radius 3 is 2.74 bits per heavy atom. The van der Waals surface area contributed by atoms with Crippen molar-refractivity contribution < 1.29 is 4.79 Å². The molecule has 1 aromatic rings. The fraction of sp³-hybridized carbons (Fsp3) is 0.684. The standard InChI is InChI=1S/C19H25BrN2O/c1-13(16-3-2-4-21-11-16)22-17(23)10-18-6-14-5-15(7-18)9-19(20,8-14)12-18/h2-4,11,13-15H,5-10,12H2,1H3,(H,22,23). The van der Waals surface area contributed by atoms with Crippen LogP contribution in [0.4, 0.5) is 0 Å². The van der Waals surface area contributed by atoms with Crippen LogP contribution in [0.1, 0.15) is 63.5 Å². The van der Waals surface area contributed by atoms with E-state index in [1.165, 1.54) is 38.5 Å². The van der Waals surface area contributed by atoms with Crippen molar-refractivity contribution in [1.82, 2.24) is 10.3 Å². The van der Waals surface area contributed by atoms with Crippen molar-refractivity contribution in [2.24, 2.45) is 17.3 Å². The number of carbonyl (C=O) groups is 1. The number of amides is 1. The molecule has 0 aromatic carbocycles. The zero-order valence-corrected chi connectivity index (χ0v) is 15.3. The summed E-state index contributed by atoms with van der Waals surface area (Å²) in [6, 6.07) is 3.98. The number of pyridine rings is 1. The van der Waals surface area contributed by atoms with Crippen LogP contribution in [0, 0.1) is 17.3 Å². The van der Waals surface area contributed by atoms with Crippen LogP contribution >= 0.6 is 15.9 Å². The third kappa shape index (κ3) is 3.07. The Kier molecular flexibility index (Phi) is 3.79. The molecule has 23 heavy (non-hydrogen) atoms. The summed E-state index contributed by atoms with van der Waals surface area (Å²) in [5.41, 5.74) is 1.31. The van der Waals surface area contributed by atoms with Crippen LogP contribution in [0.2, 0.25) is 0 Å². The zero-order valence-electron chi connectivity index (χ0n) is 13.7. The highest BCUT2D eigenvalue weighted by molar-refractivity contribution is 9.10. The quantitative estimate of drug-likeness (QED) is 0.791. The molecule has 1 N–H and O–H groups in total. The molecule has 0 saturated heterocycles. The van der Waals surface area contributed by atoms with E-state index >= 15 is 0 Å². The lowest BCUT2D eigenvalue weighted by atomic mass is 9.48. The summed E-state index contributed by atoms with van der Waals surface area (Å²) in [5, 5.41) is 3.19. The summed E-state index contributed by atoms with van der Waals surface area (Å²) in [6.45, 7) is 2.04. The van der Waals surface area contributed by atoms with Crippen molar-refractivity contribution in [3.8, 4) is 0 Å². The first-order valence-corrected chi connectivity index (χ1v) is 9.63. The maximum atomic E-state index is 12.7. The van der Waals surface area contributed by atoms with Gasteiger partial charge in [-0.25, -0.2) is 0 Å². The van der Waals surface area contributed by atoms with Crippen LogP contribution in [0.25, 0.3) is 0 Å². The summed E-state index contributed by atoms with van der Waals surface area (Å²) >= 11 is 4.03. The molecule has 0 spiro atoms. The minimum Gasteiger partial charge on any atom is -0.350 e. The van der Waals surface area contributed by atoms with E-state index in [9.17, 15) is 4.79 Å². The number of nitrogens with zero attached hydrogens (tertiary/aromatic N) is 1. The molecule has 4 saturated carbocycles. The molecule has 4 bridgehead atoms. The Hall–Kier alpha value is -0.900. The van der Waals surface area contributed by atoms with Crippen molar-refractivity contribution in [2.75, 3.05) is 0 Å². The van der Waals surface area contributed by atoms with E-state index < -0.39 is 0 Å². The van der Waals surface area contributed by atoms with Crippen molar-refractivity contribution in [2.45, 2.75) is 62.2 Å². The molecule has 1 heterocycles. The molecular weight excluding hydrogens is 352 g/mol. The Morgan fingerprint density at radius 2 is 2.13 bits per heavy atom. The minimum absolute atomic E-state index is 0.0306. The number of aromatic nitrogens is 1. The summed E-state index contributed by atoms with van der Waals surface area (Å²) in [6.07, 6.45) is 12.0. The highest BCUT2D eigenvalue weighted by Gasteiger charge is 2.57. The number of rotatable bonds is 4. The Morgan fingerprint density at radius 1 is 1.39 bits per heavy atom. The molecule has 0 aliphatic heterocycles. The SMILES string of the molecule is CC(NC(=O)CC12CC3CC(CC(Br)(C3)C1)C2)c1cccnc1. The highest BCUT2D eigenvalue weighted by atomic mass is 79.9. The smallest absolute Gasteiger partial charge is 0.221 e. The second-order valence-electron chi connectivity index (χ2n) is 8.36. The number of halogens is 1. The molecule has 124 valence electrons. The average Bonchev–Trinajstić information content (AvgIpc) is 2.44. The molecule has 4 heteroatoms. The first-order valence-electron chi connectivity index (χ1n) is 8.84. The van der Waals surface area contributed by atoms with Gasteiger partial charge in [0.2, 0.25) is 5.91 Å². The van der Waals surface area contributed by atoms with Crippen molar-refractivity contribution in [3.05, 3.63) is 30.1 Å². The van der Waals surface area contributed by atoms with Gasteiger partial charge in [0.15, 0.2) is 0 Å². The van der Waals surface area contributed by atoms with Gasteiger partial charge in [0.1, 0.15) is 0 Å². The molecule has 5 rings (SSSR count). The number of alkyl halides is 1. The zero-order chi connectivity index (χ0) is 16.1. The van der Waals surface area contributed by atoms with Gasteiger partial charge in [-0.1, -0.05) is 22.0 Å². The second-order valence-corrected chi connectivity index (χ2v) is 10.0. The molecule has 4 fully saturated rings. The van der Waals surface area contributed by atoms with Crippen LogP contribution in [-0.4, -0.2) is 15.2 Å². The lowest BCUT2D eigenvalue weighted by Gasteiger charge is -2.60. The molecule has 0 radical (unpaired) electrons. The van der Waals surface area contributed by atoms with Crippen LogP contribution in [0.5, 0.6) is 0 Å². The Balaban J connectivity index is 1.43. The van der Waals surface area contributed by atoms with Crippen LogP contribution in [-0.2, 0) is 4.79 Å². The van der Waals surface area contributed by atoms with E-state index in [4.69, 9.17) is 0 Å². The predicted molar refractivity (Wildman–Crippen MR) is 94.2 cm³/mol. The first-order chi connectivity index (χ1) is 11.0. The fourth-order valence-electron chi connectivity index (χ4n) is 5.89. The maximum Gasteiger partial charge on any atom is 0.221 e. The van der Waals surface area contributed by atoms with Gasteiger partial charge < -0.3 is 5.32 Å². The molecular formula is C19H25BrN2O. The summed E-state index contributed by atoms with van der Waals surface area (Å²) in [7, 11) is 0. The van der Waals surface area contributed by atoms with Gasteiger partial charge in [0.25, 0.3) is 0 Å². The monoisotopic (exact) mass is 376 g/mol. The summed E-state index contributed by atoms with van der Waals surface area (Å²) in [4.78, 5) is 16.8. The lowest BCUT2D eigenvalue weighted by Crippen LogP contribution is -2.54. The summed E-state index contributed by atoms with van der Waals surface area (Å²) < 4.78 is 0.326. The van der Waals surface area contributed by atoms with E-state index in [2.05, 4.69) is 26.2 Å². The number of hydrogen-bond donors (Lipinski definition) is 1. The van der Waals surface area contributed by atoms with Gasteiger partial charge in [-0.3, -0.25) is 9.78 Å². The van der Waals surface area contributed by atoms with Gasteiger partial charge >= 0.3 is 0 Å². The second kappa shape index (κ2) is 5.58. The third-order valence-electron chi connectivity index (χ3n) is 6.21. The minimum atomic E-state index is 0.0306. The van der Waals surface area contributed by atoms with E-state index in [-0.39, 0.29) is 17.4 Å². The van der Waals surface area contributed by atoms with Crippen LogP contribution in [0.3, 0.4) is 0 Å². The first kappa shape index (κ1) is 15.6. The van der Waals surface area contributed by atoms with Crippen molar-refractivity contribution in [1.29, 1.82) is 0 Å². The topological polar surface area (TPSA) is 42.0 Å². The third-order valence-corrected chi connectivity index (χ3v) is 7.14. The Bertz CT molecular complexity index is 589. The van der Waals surface area contributed by atoms with Gasteiger partial charge in [-0.15, -0.1) is 0 Å². The predicted octanol–water partition coefficient (Wildman–Crippen LogP) is 4.38. The van der Waals surface area contributed by atoms with E-state index in [0.717, 1.165) is 17.4 Å². The van der Waals surface area contributed by atoms with Crippen LogP contribution < -0.4 is 5.32 Å². The normalized spacial score (nSPS) is 39.2. The molecule has 4 aliphatic carbocycles. The van der Waals surface area contributed by atoms with E-state index in [1.807, 2.05) is 25.3 Å². The lowest BCUT2D eigenvalue weighted by molar-refractivity contribution is -0.128. The summed E-state index contributed by atoms with van der Waals surface area (Å²) in [5.74, 6) is 1.87. The van der Waals surface area contributed by atoms with Gasteiger partial charge in [0, 0.05) is 23.1 Å². The molecule has 1 amide bonds. The molecule has 3 unspecified atom stereocenters. The number of nitrogens with one attached hydrogen (secondary N) is 1. The highest BCUT2D eigenvalue weighted by Crippen LogP contribution is 2.65. The van der Waals surface area contributed by atoms with Crippen LogP contribution in [0.15, 0.2) is 24.5 Å². The molecule has 3 atom stereocenters. The Labute approximate surface area is 146 Å². The van der Waals surface area contributed by atoms with E-state index in [1.54, 1.807) is 6.20 Å². The van der Waals surface area contributed by atoms with Crippen molar-refractivity contribution in [3.63, 3.8) is 0 Å². The van der Waals surface area contributed by atoms with Crippen molar-refractivity contribution >= 4 is 21.8 Å². The molecule has 3 nitrogen and oxygen atoms in total. The van der Waals surface area contributed by atoms with Gasteiger partial charge in [-0.2, -0.15) is 0 Å². The largest absolute Gasteiger partial charge is 0.350 e. The van der Waals surface area contributed by atoms with Gasteiger partial charge in [-0.05, 0) is 74.3 Å². The fourth-order valence-corrected chi connectivity index (χ4v) is 7.40. The van der Waals surface area contributed by atoms with Gasteiger partial charge in [0.05, 0.1) is 6.04 Å². The average molecular weight is 377 g/mol. The molecule has 4 aliphatic rings. The molecule has 1 aromatic heterocycles. The van der Waals surface area contributed by atoms with E-state index in [0.29, 0.717) is 10.7 Å².